The minimum Gasteiger partial charge on any atom is -0.338 e. The van der Waals surface area contributed by atoms with Crippen LogP contribution in [0.2, 0.25) is 0 Å². The molecule has 0 aromatic heterocycles. The van der Waals surface area contributed by atoms with Crippen molar-refractivity contribution in [2.45, 2.75) is 26.3 Å². The molecule has 1 saturated heterocycles. The van der Waals surface area contributed by atoms with Crippen molar-refractivity contribution in [2.75, 3.05) is 6.54 Å². The molecule has 19 heavy (non-hydrogen) atoms. The van der Waals surface area contributed by atoms with Crippen LogP contribution in [0.5, 0.6) is 0 Å². The van der Waals surface area contributed by atoms with Crippen LogP contribution >= 0.6 is 0 Å². The number of carbonyl (C=O) groups excluding carboxylic acids is 2. The van der Waals surface area contributed by atoms with Gasteiger partial charge in [-0.2, -0.15) is 0 Å². The fourth-order valence-electron chi connectivity index (χ4n) is 2.57. The normalized spacial score (nSPS) is 23.8. The predicted octanol–water partition coefficient (Wildman–Crippen LogP) is 2.57. The molecule has 0 N–H and O–H groups in total. The molecule has 100 valence electrons. The molecule has 0 saturated carbocycles. The van der Waals surface area contributed by atoms with Crippen molar-refractivity contribution in [3.63, 3.8) is 0 Å². The van der Waals surface area contributed by atoms with E-state index in [1.165, 1.54) is 6.08 Å². The van der Waals surface area contributed by atoms with Gasteiger partial charge in [0.05, 0.1) is 5.41 Å². The zero-order valence-corrected chi connectivity index (χ0v) is 11.2. The lowest BCUT2D eigenvalue weighted by Gasteiger charge is -2.37. The summed E-state index contributed by atoms with van der Waals surface area (Å²) < 4.78 is 0. The maximum atomic E-state index is 12.5. The highest BCUT2D eigenvalue weighted by Crippen LogP contribution is 2.32. The van der Waals surface area contributed by atoms with Crippen LogP contribution in [0.3, 0.4) is 0 Å². The second-order valence-corrected chi connectivity index (χ2v) is 5.23. The zero-order valence-electron chi connectivity index (χ0n) is 11.2. The summed E-state index contributed by atoms with van der Waals surface area (Å²) in [4.78, 5) is 24.9. The number of piperidine rings is 1. The summed E-state index contributed by atoms with van der Waals surface area (Å²) in [6.07, 6.45) is 5.68. The summed E-state index contributed by atoms with van der Waals surface area (Å²) in [7, 11) is 0. The Morgan fingerprint density at radius 2 is 2.05 bits per heavy atom. The Morgan fingerprint density at radius 3 is 2.74 bits per heavy atom. The van der Waals surface area contributed by atoms with Gasteiger partial charge in [0.1, 0.15) is 6.29 Å². The molecule has 1 heterocycles. The first-order valence-electron chi connectivity index (χ1n) is 6.62. The van der Waals surface area contributed by atoms with E-state index in [4.69, 9.17) is 0 Å². The van der Waals surface area contributed by atoms with Gasteiger partial charge in [-0.25, -0.2) is 0 Å². The monoisotopic (exact) mass is 257 g/mol. The van der Waals surface area contributed by atoms with Crippen LogP contribution in [-0.4, -0.2) is 23.6 Å². The number of aldehydes is 1. The third-order valence-electron chi connectivity index (χ3n) is 3.66. The van der Waals surface area contributed by atoms with Crippen LogP contribution in [0.15, 0.2) is 42.5 Å². The number of hydrogen-bond donors (Lipinski definition) is 0. The van der Waals surface area contributed by atoms with E-state index in [-0.39, 0.29) is 5.91 Å². The van der Waals surface area contributed by atoms with E-state index >= 15 is 0 Å². The number of rotatable bonds is 4. The van der Waals surface area contributed by atoms with E-state index in [0.717, 1.165) is 31.2 Å². The highest BCUT2D eigenvalue weighted by Gasteiger charge is 2.37. The predicted molar refractivity (Wildman–Crippen MR) is 74.4 cm³/mol. The number of nitrogens with zero attached hydrogens (tertiary/aromatic N) is 1. The fourth-order valence-corrected chi connectivity index (χ4v) is 2.57. The van der Waals surface area contributed by atoms with Crippen molar-refractivity contribution in [1.82, 2.24) is 4.90 Å². The Bertz CT molecular complexity index is 481. The van der Waals surface area contributed by atoms with Gasteiger partial charge < -0.3 is 4.90 Å². The van der Waals surface area contributed by atoms with Gasteiger partial charge in [-0.15, -0.1) is 0 Å². The number of likely N-dealkylation sites (tertiary alicyclic amines) is 1. The molecular formula is C16H19NO2. The van der Waals surface area contributed by atoms with E-state index in [1.807, 2.05) is 42.2 Å². The molecule has 1 aliphatic rings. The molecule has 1 aromatic rings. The Balaban J connectivity index is 2.12. The molecule has 1 atom stereocenters. The lowest BCUT2D eigenvalue weighted by atomic mass is 9.80. The molecule has 0 spiro atoms. The SMILES string of the molecule is CC1(/C=C/C=O)CCCN(Cc2ccccc2)C1=O. The average Bonchev–Trinajstić information content (AvgIpc) is 2.43. The van der Waals surface area contributed by atoms with Crippen molar-refractivity contribution in [1.29, 1.82) is 0 Å². The molecule has 1 amide bonds. The molecule has 0 bridgehead atoms. The molecule has 0 radical (unpaired) electrons. The lowest BCUT2D eigenvalue weighted by molar-refractivity contribution is -0.142. The topological polar surface area (TPSA) is 37.4 Å². The van der Waals surface area contributed by atoms with Crippen molar-refractivity contribution >= 4 is 12.2 Å². The summed E-state index contributed by atoms with van der Waals surface area (Å²) >= 11 is 0. The lowest BCUT2D eigenvalue weighted by Crippen LogP contribution is -2.45. The first kappa shape index (κ1) is 13.5. The maximum Gasteiger partial charge on any atom is 0.232 e. The quantitative estimate of drug-likeness (QED) is 0.614. The molecule has 1 aromatic carbocycles. The van der Waals surface area contributed by atoms with Gasteiger partial charge in [0.15, 0.2) is 0 Å². The first-order chi connectivity index (χ1) is 9.15. The summed E-state index contributed by atoms with van der Waals surface area (Å²) in [5.41, 5.74) is 0.605. The molecule has 0 aliphatic carbocycles. The van der Waals surface area contributed by atoms with E-state index in [1.54, 1.807) is 6.08 Å². The highest BCUT2D eigenvalue weighted by atomic mass is 16.2. The van der Waals surface area contributed by atoms with Gasteiger partial charge in [-0.1, -0.05) is 36.4 Å². The van der Waals surface area contributed by atoms with Crippen molar-refractivity contribution in [3.8, 4) is 0 Å². The number of carbonyl (C=O) groups is 2. The largest absolute Gasteiger partial charge is 0.338 e. The summed E-state index contributed by atoms with van der Waals surface area (Å²) in [6.45, 7) is 3.34. The van der Waals surface area contributed by atoms with Crippen molar-refractivity contribution in [2.24, 2.45) is 5.41 Å². The second-order valence-electron chi connectivity index (χ2n) is 5.23. The van der Waals surface area contributed by atoms with E-state index in [9.17, 15) is 9.59 Å². The van der Waals surface area contributed by atoms with Gasteiger partial charge in [0, 0.05) is 13.1 Å². The van der Waals surface area contributed by atoms with Crippen LogP contribution in [0.25, 0.3) is 0 Å². The molecule has 1 fully saturated rings. The van der Waals surface area contributed by atoms with Gasteiger partial charge >= 0.3 is 0 Å². The van der Waals surface area contributed by atoms with Crippen molar-refractivity contribution < 1.29 is 9.59 Å². The number of benzene rings is 1. The standard InChI is InChI=1S/C16H19NO2/c1-16(10-6-12-18)9-5-11-17(15(16)19)13-14-7-3-2-4-8-14/h2-4,6-8,10,12H,5,9,11,13H2,1H3/b10-6+. The van der Waals surface area contributed by atoms with Gasteiger partial charge in [0.25, 0.3) is 0 Å². The first-order valence-corrected chi connectivity index (χ1v) is 6.62. The Labute approximate surface area is 113 Å². The summed E-state index contributed by atoms with van der Waals surface area (Å²) in [5.74, 6) is 0.112. The zero-order chi connectivity index (χ0) is 13.7. The molecule has 1 aliphatic heterocycles. The highest BCUT2D eigenvalue weighted by molar-refractivity contribution is 5.86. The Morgan fingerprint density at radius 1 is 1.32 bits per heavy atom. The Kier molecular flexibility index (Phi) is 4.15. The van der Waals surface area contributed by atoms with Gasteiger partial charge in [0.2, 0.25) is 5.91 Å². The number of amides is 1. The summed E-state index contributed by atoms with van der Waals surface area (Å²) in [5, 5.41) is 0. The van der Waals surface area contributed by atoms with Crippen LogP contribution in [-0.2, 0) is 16.1 Å². The van der Waals surface area contributed by atoms with Crippen molar-refractivity contribution in [3.05, 3.63) is 48.0 Å². The van der Waals surface area contributed by atoms with Crippen LogP contribution < -0.4 is 0 Å². The molecule has 2 rings (SSSR count). The average molecular weight is 257 g/mol. The van der Waals surface area contributed by atoms with Crippen LogP contribution in [0.4, 0.5) is 0 Å². The minimum atomic E-state index is -0.534. The fraction of sp³-hybridized carbons (Fsp3) is 0.375. The van der Waals surface area contributed by atoms with Crippen LogP contribution in [0.1, 0.15) is 25.3 Å². The van der Waals surface area contributed by atoms with Crippen LogP contribution in [0, 0.1) is 5.41 Å². The third kappa shape index (κ3) is 3.11. The van der Waals surface area contributed by atoms with E-state index in [0.29, 0.717) is 6.54 Å². The molecule has 1 unspecified atom stereocenters. The second kappa shape index (κ2) is 5.83. The smallest absolute Gasteiger partial charge is 0.232 e. The number of hydrogen-bond acceptors (Lipinski definition) is 2. The Hall–Kier alpha value is -1.90. The third-order valence-corrected chi connectivity index (χ3v) is 3.66. The molecule has 3 heteroatoms. The minimum absolute atomic E-state index is 0.112. The van der Waals surface area contributed by atoms with Gasteiger partial charge in [-0.3, -0.25) is 9.59 Å². The summed E-state index contributed by atoms with van der Waals surface area (Å²) in [6, 6.07) is 9.99. The number of allylic oxidation sites excluding steroid dienone is 1. The maximum absolute atomic E-state index is 12.5. The van der Waals surface area contributed by atoms with E-state index < -0.39 is 5.41 Å². The molecule has 3 nitrogen and oxygen atoms in total. The van der Waals surface area contributed by atoms with E-state index in [2.05, 4.69) is 0 Å². The van der Waals surface area contributed by atoms with Gasteiger partial charge in [-0.05, 0) is 31.4 Å². The molecular weight excluding hydrogens is 238 g/mol.